The van der Waals surface area contributed by atoms with Gasteiger partial charge in [-0.15, -0.1) is 0 Å². The van der Waals surface area contributed by atoms with Crippen LogP contribution in [0.1, 0.15) is 34.8 Å². The Kier molecular flexibility index (Phi) is 9.24. The van der Waals surface area contributed by atoms with Gasteiger partial charge in [-0.3, -0.25) is 9.59 Å². The highest BCUT2D eigenvalue weighted by atomic mass is 16.7. The lowest BCUT2D eigenvalue weighted by Gasteiger charge is -2.10. The van der Waals surface area contributed by atoms with E-state index in [1.165, 1.54) is 12.1 Å². The molecule has 3 aromatic rings. The first kappa shape index (κ1) is 25.3. The predicted molar refractivity (Wildman–Crippen MR) is 132 cm³/mol. The molecule has 3 aromatic carbocycles. The topological polar surface area (TPSA) is 103 Å². The molecule has 0 aromatic heterocycles. The van der Waals surface area contributed by atoms with E-state index >= 15 is 0 Å². The van der Waals surface area contributed by atoms with E-state index in [1.807, 2.05) is 36.4 Å². The van der Waals surface area contributed by atoms with Crippen LogP contribution in [0.4, 0.5) is 10.5 Å². The number of hydrogen-bond donors (Lipinski definition) is 2. The fourth-order valence-electron chi connectivity index (χ4n) is 3.33. The number of amides is 2. The quantitative estimate of drug-likeness (QED) is 0.324. The summed E-state index contributed by atoms with van der Waals surface area (Å²) in [6.45, 7) is 2.24. The Morgan fingerprint density at radius 1 is 0.914 bits per heavy atom. The van der Waals surface area contributed by atoms with E-state index in [0.717, 1.165) is 16.9 Å². The molecule has 0 spiro atoms. The smallest absolute Gasteiger partial charge is 0.496 e. The number of methoxy groups -OCH3 is 1. The molecule has 0 fully saturated rings. The van der Waals surface area contributed by atoms with Crippen molar-refractivity contribution in [2.75, 3.05) is 19.0 Å². The van der Waals surface area contributed by atoms with Crippen LogP contribution in [-0.4, -0.2) is 31.7 Å². The molecule has 0 saturated heterocycles. The van der Waals surface area contributed by atoms with Crippen LogP contribution in [0.2, 0.25) is 0 Å². The number of para-hydroxylation sites is 1. The van der Waals surface area contributed by atoms with Gasteiger partial charge in [-0.2, -0.15) is 0 Å². The van der Waals surface area contributed by atoms with Crippen molar-refractivity contribution in [3.8, 4) is 11.5 Å². The first-order valence-corrected chi connectivity index (χ1v) is 11.2. The largest absolute Gasteiger partial charge is 0.513 e. The zero-order valence-electron chi connectivity index (χ0n) is 19.7. The summed E-state index contributed by atoms with van der Waals surface area (Å²) in [7, 11) is 1.61. The van der Waals surface area contributed by atoms with Crippen LogP contribution in [0.3, 0.4) is 0 Å². The van der Waals surface area contributed by atoms with E-state index in [1.54, 1.807) is 38.3 Å². The Hall–Kier alpha value is -4.33. The van der Waals surface area contributed by atoms with E-state index < -0.39 is 6.16 Å². The van der Waals surface area contributed by atoms with Gasteiger partial charge in [-0.05, 0) is 66.9 Å². The number of rotatable bonds is 10. The second kappa shape index (κ2) is 12.8. The molecule has 0 saturated carbocycles. The van der Waals surface area contributed by atoms with Gasteiger partial charge in [0.2, 0.25) is 5.91 Å². The minimum Gasteiger partial charge on any atom is -0.496 e. The van der Waals surface area contributed by atoms with Crippen molar-refractivity contribution in [3.63, 3.8) is 0 Å². The van der Waals surface area contributed by atoms with Crippen molar-refractivity contribution in [1.82, 2.24) is 5.32 Å². The molecule has 0 aliphatic rings. The number of benzene rings is 3. The van der Waals surface area contributed by atoms with E-state index in [9.17, 15) is 14.4 Å². The molecule has 0 aliphatic carbocycles. The molecule has 8 heteroatoms. The molecule has 0 unspecified atom stereocenters. The summed E-state index contributed by atoms with van der Waals surface area (Å²) < 4.78 is 15.0. The van der Waals surface area contributed by atoms with Crippen molar-refractivity contribution < 1.29 is 28.6 Å². The Labute approximate surface area is 204 Å². The molecule has 35 heavy (non-hydrogen) atoms. The van der Waals surface area contributed by atoms with Gasteiger partial charge in [0, 0.05) is 24.2 Å². The van der Waals surface area contributed by atoms with Gasteiger partial charge in [-0.25, -0.2) is 4.79 Å². The second-order valence-corrected chi connectivity index (χ2v) is 7.55. The van der Waals surface area contributed by atoms with Crippen molar-refractivity contribution in [2.45, 2.75) is 26.3 Å². The van der Waals surface area contributed by atoms with Gasteiger partial charge in [-0.1, -0.05) is 30.3 Å². The molecule has 0 radical (unpaired) electrons. The number of aryl methyl sites for hydroxylation is 1. The van der Waals surface area contributed by atoms with Crippen LogP contribution in [0.15, 0.2) is 72.8 Å². The standard InChI is InChI=1S/C27H28N2O6/c1-3-34-27(32)35-23-14-11-21(12-15-23)26(31)29-22-9-6-7-19(17-22)18-28-25(30)16-13-20-8-4-5-10-24(20)33-2/h4-12,14-15,17H,3,13,16,18H2,1-2H3,(H,28,30)(H,29,31). The maximum Gasteiger partial charge on any atom is 0.513 e. The van der Waals surface area contributed by atoms with Gasteiger partial charge in [0.05, 0.1) is 13.7 Å². The summed E-state index contributed by atoms with van der Waals surface area (Å²) in [6.07, 6.45) is 0.121. The number of anilines is 1. The third-order valence-electron chi connectivity index (χ3n) is 5.07. The van der Waals surface area contributed by atoms with E-state index in [4.69, 9.17) is 14.2 Å². The van der Waals surface area contributed by atoms with Gasteiger partial charge in [0.15, 0.2) is 0 Å². The molecule has 3 rings (SSSR count). The van der Waals surface area contributed by atoms with E-state index in [2.05, 4.69) is 10.6 Å². The Balaban J connectivity index is 1.50. The molecule has 2 amide bonds. The average Bonchev–Trinajstić information content (AvgIpc) is 2.87. The normalized spacial score (nSPS) is 10.2. The van der Waals surface area contributed by atoms with Crippen LogP contribution >= 0.6 is 0 Å². The number of carbonyl (C=O) groups is 3. The average molecular weight is 477 g/mol. The van der Waals surface area contributed by atoms with Crippen LogP contribution in [0.25, 0.3) is 0 Å². The van der Waals surface area contributed by atoms with Crippen molar-refractivity contribution >= 4 is 23.7 Å². The summed E-state index contributed by atoms with van der Waals surface area (Å²) in [5, 5.41) is 5.73. The Morgan fingerprint density at radius 3 is 2.43 bits per heavy atom. The van der Waals surface area contributed by atoms with Crippen molar-refractivity contribution in [3.05, 3.63) is 89.5 Å². The number of nitrogens with one attached hydrogen (secondary N) is 2. The summed E-state index contributed by atoms with van der Waals surface area (Å²) in [5.74, 6) is 0.662. The molecule has 0 aliphatic heterocycles. The molecule has 0 atom stereocenters. The lowest BCUT2D eigenvalue weighted by molar-refractivity contribution is -0.121. The molecule has 2 N–H and O–H groups in total. The first-order chi connectivity index (χ1) is 17.0. The van der Waals surface area contributed by atoms with Gasteiger partial charge in [0.1, 0.15) is 11.5 Å². The summed E-state index contributed by atoms with van der Waals surface area (Å²) >= 11 is 0. The van der Waals surface area contributed by atoms with E-state index in [0.29, 0.717) is 30.6 Å². The summed E-state index contributed by atoms with van der Waals surface area (Å²) in [6, 6.07) is 21.0. The Bertz CT molecular complexity index is 1160. The number of hydrogen-bond acceptors (Lipinski definition) is 6. The van der Waals surface area contributed by atoms with Crippen molar-refractivity contribution in [2.24, 2.45) is 0 Å². The minimum absolute atomic E-state index is 0.0736. The first-order valence-electron chi connectivity index (χ1n) is 11.2. The monoisotopic (exact) mass is 476 g/mol. The fourth-order valence-corrected chi connectivity index (χ4v) is 3.33. The summed E-state index contributed by atoms with van der Waals surface area (Å²) in [4.78, 5) is 36.3. The Morgan fingerprint density at radius 2 is 1.69 bits per heavy atom. The molecule has 0 bridgehead atoms. The SMILES string of the molecule is CCOC(=O)Oc1ccc(C(=O)Nc2cccc(CNC(=O)CCc3ccccc3OC)c2)cc1. The van der Waals surface area contributed by atoms with Crippen LogP contribution in [0.5, 0.6) is 11.5 Å². The summed E-state index contributed by atoms with van der Waals surface area (Å²) in [5.41, 5.74) is 2.83. The molecular weight excluding hydrogens is 448 g/mol. The lowest BCUT2D eigenvalue weighted by atomic mass is 10.1. The fraction of sp³-hybridized carbons (Fsp3) is 0.222. The zero-order chi connectivity index (χ0) is 25.0. The van der Waals surface area contributed by atoms with Gasteiger partial charge in [0.25, 0.3) is 5.91 Å². The molecule has 8 nitrogen and oxygen atoms in total. The second-order valence-electron chi connectivity index (χ2n) is 7.55. The van der Waals surface area contributed by atoms with Crippen LogP contribution in [-0.2, 0) is 22.5 Å². The maximum absolute atomic E-state index is 12.6. The van der Waals surface area contributed by atoms with Crippen molar-refractivity contribution in [1.29, 1.82) is 0 Å². The highest BCUT2D eigenvalue weighted by Crippen LogP contribution is 2.19. The van der Waals surface area contributed by atoms with E-state index in [-0.39, 0.29) is 24.2 Å². The molecule has 0 heterocycles. The molecule has 182 valence electrons. The maximum atomic E-state index is 12.6. The van der Waals surface area contributed by atoms with Crippen LogP contribution < -0.4 is 20.1 Å². The van der Waals surface area contributed by atoms with Crippen LogP contribution in [0, 0.1) is 0 Å². The third-order valence-corrected chi connectivity index (χ3v) is 5.07. The highest BCUT2D eigenvalue weighted by Gasteiger charge is 2.10. The van der Waals surface area contributed by atoms with Gasteiger partial charge < -0.3 is 24.8 Å². The zero-order valence-corrected chi connectivity index (χ0v) is 19.7. The third kappa shape index (κ3) is 7.89. The predicted octanol–water partition coefficient (Wildman–Crippen LogP) is 4.73. The van der Waals surface area contributed by atoms with Gasteiger partial charge >= 0.3 is 6.16 Å². The number of carbonyl (C=O) groups excluding carboxylic acids is 3. The minimum atomic E-state index is -0.798. The highest BCUT2D eigenvalue weighted by molar-refractivity contribution is 6.04. The lowest BCUT2D eigenvalue weighted by Crippen LogP contribution is -2.23. The molecular formula is C27H28N2O6. The number of ether oxygens (including phenoxy) is 3.